The molecule has 0 saturated carbocycles. The van der Waals surface area contributed by atoms with Gasteiger partial charge in [0.1, 0.15) is 4.32 Å². The molecule has 1 unspecified atom stereocenters. The predicted molar refractivity (Wildman–Crippen MR) is 71.4 cm³/mol. The first-order chi connectivity index (χ1) is 5.70. The third-order valence-electron chi connectivity index (χ3n) is 2.09. The molecule has 0 amide bonds. The standard InChI is InChI=1S/C9H19NS2.Ca.2H/c1-3-5-6-8(4-2)7-10-9(11)12;;;/h8H,3-7H2,1-2H3,(H2,10,11,12);;;. The summed E-state index contributed by atoms with van der Waals surface area (Å²) in [6, 6.07) is 0. The average molecular weight is 247 g/mol. The zero-order valence-corrected chi connectivity index (χ0v) is 9.68. The SMILES string of the molecule is CCCCC(CC)CNC(=S)S.[CaH2]. The van der Waals surface area contributed by atoms with Crippen LogP contribution in [-0.4, -0.2) is 48.6 Å². The summed E-state index contributed by atoms with van der Waals surface area (Å²) in [6.45, 7) is 5.44. The monoisotopic (exact) mass is 247 g/mol. The zero-order chi connectivity index (χ0) is 9.40. The molecule has 0 heterocycles. The van der Waals surface area contributed by atoms with E-state index in [4.69, 9.17) is 12.2 Å². The molecule has 13 heavy (non-hydrogen) atoms. The van der Waals surface area contributed by atoms with Crippen LogP contribution in [0, 0.1) is 5.92 Å². The summed E-state index contributed by atoms with van der Waals surface area (Å²) in [5, 5.41) is 3.10. The van der Waals surface area contributed by atoms with Gasteiger partial charge < -0.3 is 5.32 Å². The molecule has 1 nitrogen and oxygen atoms in total. The molecule has 0 radical (unpaired) electrons. The molecule has 0 fully saturated rings. The van der Waals surface area contributed by atoms with E-state index in [1.807, 2.05) is 0 Å². The van der Waals surface area contributed by atoms with Crippen LogP contribution >= 0.6 is 24.8 Å². The van der Waals surface area contributed by atoms with E-state index in [2.05, 4.69) is 31.8 Å². The number of thiocarbonyl (C=S) groups is 1. The van der Waals surface area contributed by atoms with Crippen molar-refractivity contribution in [2.24, 2.45) is 5.92 Å². The maximum atomic E-state index is 4.83. The fourth-order valence-corrected chi connectivity index (χ4v) is 1.35. The second-order valence-corrected chi connectivity index (χ2v) is 4.26. The Morgan fingerprint density at radius 1 is 1.46 bits per heavy atom. The van der Waals surface area contributed by atoms with Crippen LogP contribution in [0.25, 0.3) is 0 Å². The number of thiol groups is 1. The Morgan fingerprint density at radius 2 is 2.08 bits per heavy atom. The quantitative estimate of drug-likeness (QED) is 0.423. The van der Waals surface area contributed by atoms with Gasteiger partial charge in [0.25, 0.3) is 0 Å². The van der Waals surface area contributed by atoms with Crippen molar-refractivity contribution in [3.05, 3.63) is 0 Å². The summed E-state index contributed by atoms with van der Waals surface area (Å²) in [5.41, 5.74) is 0. The van der Waals surface area contributed by atoms with Crippen LogP contribution in [0.2, 0.25) is 0 Å². The molecular weight excluding hydrogens is 226 g/mol. The molecule has 1 N–H and O–H groups in total. The van der Waals surface area contributed by atoms with E-state index >= 15 is 0 Å². The third-order valence-corrected chi connectivity index (χ3v) is 2.39. The summed E-state index contributed by atoms with van der Waals surface area (Å²) in [7, 11) is 0. The summed E-state index contributed by atoms with van der Waals surface area (Å²) < 4.78 is 0.616. The summed E-state index contributed by atoms with van der Waals surface area (Å²) in [6.07, 6.45) is 5.13. The third kappa shape index (κ3) is 11.4. The van der Waals surface area contributed by atoms with Gasteiger partial charge in [0.2, 0.25) is 0 Å². The van der Waals surface area contributed by atoms with Gasteiger partial charge in [0, 0.05) is 6.54 Å². The van der Waals surface area contributed by atoms with E-state index in [9.17, 15) is 0 Å². The molecule has 0 rings (SSSR count). The summed E-state index contributed by atoms with van der Waals surface area (Å²) >= 11 is 8.85. The summed E-state index contributed by atoms with van der Waals surface area (Å²) in [5.74, 6) is 0.759. The number of nitrogens with one attached hydrogen (secondary N) is 1. The van der Waals surface area contributed by atoms with Crippen LogP contribution in [0.3, 0.4) is 0 Å². The number of hydrogen-bond donors (Lipinski definition) is 2. The Bertz CT molecular complexity index is 131. The molecule has 0 aromatic carbocycles. The van der Waals surface area contributed by atoms with Crippen molar-refractivity contribution in [2.45, 2.75) is 39.5 Å². The van der Waals surface area contributed by atoms with Gasteiger partial charge in [0.05, 0.1) is 0 Å². The van der Waals surface area contributed by atoms with E-state index in [0.717, 1.165) is 12.5 Å². The Hall–Kier alpha value is 1.50. The molecule has 0 aromatic heterocycles. The first kappa shape index (κ1) is 16.9. The van der Waals surface area contributed by atoms with Gasteiger partial charge in [-0.3, -0.25) is 0 Å². The minimum absolute atomic E-state index is 0. The average Bonchev–Trinajstić information content (AvgIpc) is 2.05. The Labute approximate surface area is 123 Å². The van der Waals surface area contributed by atoms with Crippen LogP contribution in [0.15, 0.2) is 0 Å². The van der Waals surface area contributed by atoms with Crippen LogP contribution in [-0.2, 0) is 0 Å². The fraction of sp³-hybridized carbons (Fsp3) is 0.889. The second-order valence-electron chi connectivity index (χ2n) is 3.10. The fourth-order valence-electron chi connectivity index (χ4n) is 1.17. The van der Waals surface area contributed by atoms with Crippen molar-refractivity contribution in [3.63, 3.8) is 0 Å². The molecule has 0 saturated heterocycles. The molecule has 0 aromatic rings. The van der Waals surface area contributed by atoms with Gasteiger partial charge in [-0.15, -0.1) is 12.6 Å². The van der Waals surface area contributed by atoms with Crippen molar-refractivity contribution >= 4 is 66.9 Å². The van der Waals surface area contributed by atoms with E-state index in [1.54, 1.807) is 0 Å². The molecule has 76 valence electrons. The number of hydrogen-bond acceptors (Lipinski definition) is 1. The molecular formula is C9H21CaNS2. The predicted octanol–water partition coefficient (Wildman–Crippen LogP) is 2.09. The molecule has 0 spiro atoms. The first-order valence-corrected chi connectivity index (χ1v) is 5.53. The molecule has 1 atom stereocenters. The van der Waals surface area contributed by atoms with Crippen LogP contribution in [0.1, 0.15) is 39.5 Å². The normalized spacial score (nSPS) is 11.6. The first-order valence-electron chi connectivity index (χ1n) is 4.67. The van der Waals surface area contributed by atoms with Crippen molar-refractivity contribution in [1.29, 1.82) is 0 Å². The van der Waals surface area contributed by atoms with Gasteiger partial charge in [-0.1, -0.05) is 45.3 Å². The topological polar surface area (TPSA) is 12.0 Å². The number of unbranched alkanes of at least 4 members (excludes halogenated alkanes) is 1. The van der Waals surface area contributed by atoms with Crippen LogP contribution in [0.4, 0.5) is 0 Å². The van der Waals surface area contributed by atoms with Gasteiger partial charge in [0.15, 0.2) is 0 Å². The molecule has 0 bridgehead atoms. The van der Waals surface area contributed by atoms with Crippen molar-refractivity contribution in [1.82, 2.24) is 5.32 Å². The van der Waals surface area contributed by atoms with Gasteiger partial charge in [-0.2, -0.15) is 0 Å². The Balaban J connectivity index is 0. The Morgan fingerprint density at radius 3 is 2.46 bits per heavy atom. The summed E-state index contributed by atoms with van der Waals surface area (Å²) in [4.78, 5) is 0. The van der Waals surface area contributed by atoms with Crippen LogP contribution in [0.5, 0.6) is 0 Å². The van der Waals surface area contributed by atoms with Gasteiger partial charge >= 0.3 is 37.7 Å². The van der Waals surface area contributed by atoms with Gasteiger partial charge in [-0.05, 0) is 12.3 Å². The zero-order valence-electron chi connectivity index (χ0n) is 7.97. The van der Waals surface area contributed by atoms with E-state index in [1.165, 1.54) is 25.7 Å². The van der Waals surface area contributed by atoms with E-state index in [-0.39, 0.29) is 37.7 Å². The van der Waals surface area contributed by atoms with Crippen LogP contribution < -0.4 is 5.32 Å². The van der Waals surface area contributed by atoms with Gasteiger partial charge in [-0.25, -0.2) is 0 Å². The minimum atomic E-state index is 0. The molecule has 4 heteroatoms. The van der Waals surface area contributed by atoms with E-state index in [0.29, 0.717) is 4.32 Å². The Kier molecular flexibility index (Phi) is 15.1. The maximum absolute atomic E-state index is 4.83. The molecule has 0 aliphatic carbocycles. The number of rotatable bonds is 6. The second kappa shape index (κ2) is 11.6. The van der Waals surface area contributed by atoms with E-state index < -0.39 is 0 Å². The molecule has 0 aliphatic heterocycles. The molecule has 0 aliphatic rings. The van der Waals surface area contributed by atoms with Crippen molar-refractivity contribution in [2.75, 3.05) is 6.54 Å². The van der Waals surface area contributed by atoms with Crippen molar-refractivity contribution < 1.29 is 0 Å². The van der Waals surface area contributed by atoms with Crippen molar-refractivity contribution in [3.8, 4) is 0 Å².